The van der Waals surface area contributed by atoms with Crippen molar-refractivity contribution in [3.63, 3.8) is 0 Å². The van der Waals surface area contributed by atoms with E-state index in [4.69, 9.17) is 32.9 Å². The molecule has 26 heavy (non-hydrogen) atoms. The number of fused-ring (bicyclic) bond motifs is 1. The van der Waals surface area contributed by atoms with Crippen LogP contribution in [0.15, 0.2) is 42.5 Å². The Labute approximate surface area is 162 Å². The number of aromatic nitrogens is 1. The number of carbonyl (C=O) groups is 1. The van der Waals surface area contributed by atoms with Crippen molar-refractivity contribution in [2.45, 2.75) is 26.7 Å². The van der Waals surface area contributed by atoms with Crippen molar-refractivity contribution in [3.8, 4) is 11.1 Å². The first-order chi connectivity index (χ1) is 12.6. The van der Waals surface area contributed by atoms with Crippen molar-refractivity contribution >= 4 is 40.1 Å². The van der Waals surface area contributed by atoms with Gasteiger partial charge in [0.25, 0.3) is 0 Å². The van der Waals surface area contributed by atoms with Gasteiger partial charge in [0.1, 0.15) is 0 Å². The summed E-state index contributed by atoms with van der Waals surface area (Å²) in [4.78, 5) is 17.7. The Bertz CT molecular complexity index is 955. The number of aryl methyl sites for hydroxylation is 1. The van der Waals surface area contributed by atoms with E-state index >= 15 is 0 Å². The van der Waals surface area contributed by atoms with Gasteiger partial charge < -0.3 is 4.74 Å². The van der Waals surface area contributed by atoms with Crippen molar-refractivity contribution in [2.75, 3.05) is 6.61 Å². The number of ether oxygens (including phenoxy) is 1. The summed E-state index contributed by atoms with van der Waals surface area (Å²) in [6.07, 6.45) is 1.61. The van der Waals surface area contributed by atoms with Crippen LogP contribution >= 0.6 is 23.2 Å². The van der Waals surface area contributed by atoms with Crippen LogP contribution in [0.4, 0.5) is 0 Å². The van der Waals surface area contributed by atoms with E-state index in [2.05, 4.69) is 6.92 Å². The van der Waals surface area contributed by atoms with E-state index in [0.29, 0.717) is 26.5 Å². The van der Waals surface area contributed by atoms with E-state index in [1.807, 2.05) is 30.3 Å². The number of carbonyl (C=O) groups excluding carboxylic acids is 1. The third-order valence-corrected chi connectivity index (χ3v) is 4.76. The summed E-state index contributed by atoms with van der Waals surface area (Å²) >= 11 is 12.8. The highest BCUT2D eigenvalue weighted by Crippen LogP contribution is 2.39. The second-order valence-electron chi connectivity index (χ2n) is 5.90. The summed E-state index contributed by atoms with van der Waals surface area (Å²) in [5, 5.41) is 1.43. The fourth-order valence-electron chi connectivity index (χ4n) is 3.09. The van der Waals surface area contributed by atoms with Gasteiger partial charge in [-0.15, -0.1) is 0 Å². The second kappa shape index (κ2) is 8.07. The average molecular weight is 388 g/mol. The second-order valence-corrected chi connectivity index (χ2v) is 6.71. The molecule has 1 aromatic heterocycles. The Kier molecular flexibility index (Phi) is 5.80. The number of hydrogen-bond acceptors (Lipinski definition) is 3. The number of hydrogen-bond donors (Lipinski definition) is 0. The van der Waals surface area contributed by atoms with Crippen molar-refractivity contribution in [1.82, 2.24) is 4.98 Å². The molecule has 0 atom stereocenters. The Morgan fingerprint density at radius 1 is 1.04 bits per heavy atom. The maximum Gasteiger partial charge on any atom is 0.339 e. The van der Waals surface area contributed by atoms with Gasteiger partial charge in [-0.2, -0.15) is 0 Å². The number of pyridine rings is 1. The Morgan fingerprint density at radius 2 is 1.73 bits per heavy atom. The zero-order chi connectivity index (χ0) is 18.7. The van der Waals surface area contributed by atoms with Gasteiger partial charge in [0.15, 0.2) is 0 Å². The van der Waals surface area contributed by atoms with Gasteiger partial charge in [-0.25, -0.2) is 4.79 Å². The van der Waals surface area contributed by atoms with Gasteiger partial charge >= 0.3 is 5.97 Å². The standard InChI is InChI=1S/C21H19Cl2NO2/c1-3-8-16-17(13-9-6-5-7-10-13)19(21(25)26-4-2)18-14(22)11-12-15(23)20(18)24-16/h5-7,9-12H,3-4,8H2,1-2H3. The van der Waals surface area contributed by atoms with Gasteiger partial charge in [0.05, 0.1) is 27.7 Å². The zero-order valence-corrected chi connectivity index (χ0v) is 16.2. The third kappa shape index (κ3) is 3.42. The van der Waals surface area contributed by atoms with Gasteiger partial charge in [-0.1, -0.05) is 66.9 Å². The molecule has 0 amide bonds. The summed E-state index contributed by atoms with van der Waals surface area (Å²) < 4.78 is 5.36. The van der Waals surface area contributed by atoms with Crippen molar-refractivity contribution in [1.29, 1.82) is 0 Å². The van der Waals surface area contributed by atoms with Gasteiger partial charge in [0, 0.05) is 16.6 Å². The lowest BCUT2D eigenvalue weighted by atomic mass is 9.93. The highest BCUT2D eigenvalue weighted by molar-refractivity contribution is 6.41. The van der Waals surface area contributed by atoms with Crippen LogP contribution in [0.25, 0.3) is 22.0 Å². The molecule has 0 bridgehead atoms. The van der Waals surface area contributed by atoms with Crippen LogP contribution in [-0.4, -0.2) is 17.6 Å². The Hall–Kier alpha value is -2.10. The molecular formula is C21H19Cl2NO2. The third-order valence-electron chi connectivity index (χ3n) is 4.14. The van der Waals surface area contributed by atoms with Crippen LogP contribution in [-0.2, 0) is 11.2 Å². The fraction of sp³-hybridized carbons (Fsp3) is 0.238. The minimum absolute atomic E-state index is 0.276. The molecule has 3 aromatic rings. The van der Waals surface area contributed by atoms with E-state index < -0.39 is 5.97 Å². The van der Waals surface area contributed by atoms with E-state index in [9.17, 15) is 4.79 Å². The Morgan fingerprint density at radius 3 is 2.38 bits per heavy atom. The molecule has 0 radical (unpaired) electrons. The summed E-state index contributed by atoms with van der Waals surface area (Å²) in [7, 11) is 0. The summed E-state index contributed by atoms with van der Waals surface area (Å²) in [5.41, 5.74) is 3.45. The quantitative estimate of drug-likeness (QED) is 0.479. The summed E-state index contributed by atoms with van der Waals surface area (Å²) in [5.74, 6) is -0.416. The smallest absolute Gasteiger partial charge is 0.339 e. The van der Waals surface area contributed by atoms with Crippen molar-refractivity contribution in [3.05, 3.63) is 63.8 Å². The molecule has 0 unspecified atom stereocenters. The number of nitrogens with zero attached hydrogens (tertiary/aromatic N) is 1. The first kappa shape index (κ1) is 18.7. The van der Waals surface area contributed by atoms with Crippen LogP contribution in [0.3, 0.4) is 0 Å². The molecule has 0 aliphatic heterocycles. The lowest BCUT2D eigenvalue weighted by Gasteiger charge is -2.18. The normalized spacial score (nSPS) is 10.9. The summed E-state index contributed by atoms with van der Waals surface area (Å²) in [6.45, 7) is 4.13. The van der Waals surface area contributed by atoms with Crippen LogP contribution in [0.5, 0.6) is 0 Å². The fourth-order valence-corrected chi connectivity index (χ4v) is 3.54. The maximum atomic E-state index is 12.9. The molecule has 3 nitrogen and oxygen atoms in total. The first-order valence-corrected chi connectivity index (χ1v) is 9.37. The molecule has 0 fully saturated rings. The number of rotatable bonds is 5. The predicted molar refractivity (Wildman–Crippen MR) is 107 cm³/mol. The monoisotopic (exact) mass is 387 g/mol. The topological polar surface area (TPSA) is 39.2 Å². The van der Waals surface area contributed by atoms with Crippen LogP contribution < -0.4 is 0 Å². The molecule has 5 heteroatoms. The molecule has 0 N–H and O–H groups in total. The molecule has 134 valence electrons. The van der Waals surface area contributed by atoms with Gasteiger partial charge in [-0.05, 0) is 31.0 Å². The molecule has 3 rings (SSSR count). The van der Waals surface area contributed by atoms with Crippen LogP contribution in [0.2, 0.25) is 10.0 Å². The molecule has 2 aromatic carbocycles. The van der Waals surface area contributed by atoms with E-state index in [1.165, 1.54) is 0 Å². The molecule has 0 aliphatic rings. The summed E-state index contributed by atoms with van der Waals surface area (Å²) in [6, 6.07) is 13.1. The van der Waals surface area contributed by atoms with E-state index in [1.54, 1.807) is 19.1 Å². The SMILES string of the molecule is CCCc1nc2c(Cl)ccc(Cl)c2c(C(=O)OCC)c1-c1ccccc1. The lowest BCUT2D eigenvalue weighted by Crippen LogP contribution is -2.11. The van der Waals surface area contributed by atoms with E-state index in [-0.39, 0.29) is 6.61 Å². The predicted octanol–water partition coefficient (Wildman–Crippen LogP) is 6.34. The maximum absolute atomic E-state index is 12.9. The van der Waals surface area contributed by atoms with E-state index in [0.717, 1.165) is 29.7 Å². The average Bonchev–Trinajstić information content (AvgIpc) is 2.65. The van der Waals surface area contributed by atoms with Crippen LogP contribution in [0, 0.1) is 0 Å². The molecule has 0 saturated carbocycles. The molecular weight excluding hydrogens is 369 g/mol. The highest BCUT2D eigenvalue weighted by atomic mass is 35.5. The molecule has 0 saturated heterocycles. The lowest BCUT2D eigenvalue weighted by molar-refractivity contribution is 0.0529. The van der Waals surface area contributed by atoms with Crippen molar-refractivity contribution < 1.29 is 9.53 Å². The van der Waals surface area contributed by atoms with Gasteiger partial charge in [0.2, 0.25) is 0 Å². The molecule has 1 heterocycles. The number of halogens is 2. The minimum Gasteiger partial charge on any atom is -0.462 e. The number of benzene rings is 2. The minimum atomic E-state index is -0.416. The van der Waals surface area contributed by atoms with Gasteiger partial charge in [-0.3, -0.25) is 4.98 Å². The number of esters is 1. The first-order valence-electron chi connectivity index (χ1n) is 8.61. The largest absolute Gasteiger partial charge is 0.462 e. The molecule has 0 aliphatic carbocycles. The van der Waals surface area contributed by atoms with Crippen molar-refractivity contribution in [2.24, 2.45) is 0 Å². The molecule has 0 spiro atoms. The Balaban J connectivity index is 2.49. The zero-order valence-electron chi connectivity index (χ0n) is 14.7. The highest BCUT2D eigenvalue weighted by Gasteiger charge is 2.25. The van der Waals surface area contributed by atoms with Crippen LogP contribution in [0.1, 0.15) is 36.3 Å².